The van der Waals surface area contributed by atoms with E-state index in [0.29, 0.717) is 19.1 Å². The maximum absolute atomic E-state index is 9.73. The molecule has 1 aliphatic carbocycles. The molecule has 0 aromatic carbocycles. The minimum atomic E-state index is -0.420. The Balaban J connectivity index is 1.80. The Hall–Kier alpha value is -1.36. The van der Waals surface area contributed by atoms with Gasteiger partial charge in [0.25, 0.3) is 0 Å². The fourth-order valence-corrected chi connectivity index (χ4v) is 3.34. The summed E-state index contributed by atoms with van der Waals surface area (Å²) in [4.78, 5) is 4.67. The minimum absolute atomic E-state index is 0.333. The number of rotatable bonds is 3. The van der Waals surface area contributed by atoms with Gasteiger partial charge in [-0.1, -0.05) is 30.4 Å². The molecule has 108 valence electrons. The van der Waals surface area contributed by atoms with Crippen LogP contribution in [0.5, 0.6) is 0 Å². The highest BCUT2D eigenvalue weighted by atomic mass is 16.3. The molecule has 0 bridgehead atoms. The van der Waals surface area contributed by atoms with Crippen LogP contribution in [-0.4, -0.2) is 60.3 Å². The number of hydrogen-bond acceptors (Lipinski definition) is 4. The standard InChI is InChI=1S/C16H23N3O/c1-18-15-6-4-2-3-5-13(15)14-7-8-19(11-16(14)18)10-12(20)9-17/h2-6,12,15,20H,7-11,17H2,1H3. The smallest absolute Gasteiger partial charge is 0.0789 e. The SMILES string of the molecule is CN1C2=C(CCN(CC(O)CN)C2)C2=CC=CC=CC21. The molecule has 3 rings (SSSR count). The largest absolute Gasteiger partial charge is 0.390 e. The minimum Gasteiger partial charge on any atom is -0.390 e. The van der Waals surface area contributed by atoms with E-state index in [-0.39, 0.29) is 0 Å². The van der Waals surface area contributed by atoms with E-state index in [1.165, 1.54) is 16.8 Å². The predicted octanol–water partition coefficient (Wildman–Crippen LogP) is 0.632. The van der Waals surface area contributed by atoms with Crippen LogP contribution in [0.25, 0.3) is 0 Å². The zero-order chi connectivity index (χ0) is 14.1. The summed E-state index contributed by atoms with van der Waals surface area (Å²) < 4.78 is 0. The fraction of sp³-hybridized carbons (Fsp3) is 0.500. The van der Waals surface area contributed by atoms with E-state index < -0.39 is 6.10 Å². The second-order valence-corrected chi connectivity index (χ2v) is 5.75. The Labute approximate surface area is 120 Å². The first kappa shape index (κ1) is 13.6. The molecule has 0 spiro atoms. The van der Waals surface area contributed by atoms with E-state index in [1.54, 1.807) is 0 Å². The molecular formula is C16H23N3O. The molecule has 2 atom stereocenters. The molecule has 3 aliphatic rings. The van der Waals surface area contributed by atoms with Crippen molar-refractivity contribution in [3.63, 3.8) is 0 Å². The van der Waals surface area contributed by atoms with E-state index in [4.69, 9.17) is 5.73 Å². The van der Waals surface area contributed by atoms with Crippen LogP contribution in [0.3, 0.4) is 0 Å². The monoisotopic (exact) mass is 273 g/mol. The van der Waals surface area contributed by atoms with Gasteiger partial charge in [-0.15, -0.1) is 0 Å². The molecule has 0 saturated carbocycles. The molecular weight excluding hydrogens is 250 g/mol. The summed E-state index contributed by atoms with van der Waals surface area (Å²) in [6.45, 7) is 2.91. The molecule has 0 fully saturated rings. The summed E-state index contributed by atoms with van der Waals surface area (Å²) in [5.41, 5.74) is 9.84. The number of β-amino-alcohol motifs (C(OH)–C–C–N with tert-alkyl or cyclic N) is 1. The number of nitrogens with two attached hydrogens (primary N) is 1. The predicted molar refractivity (Wildman–Crippen MR) is 81.1 cm³/mol. The molecule has 0 saturated heterocycles. The van der Waals surface area contributed by atoms with Crippen LogP contribution in [0.4, 0.5) is 0 Å². The topological polar surface area (TPSA) is 52.7 Å². The normalized spacial score (nSPS) is 27.2. The first-order chi connectivity index (χ1) is 9.70. The Bertz CT molecular complexity index is 504. The lowest BCUT2D eigenvalue weighted by Crippen LogP contribution is -2.41. The molecule has 20 heavy (non-hydrogen) atoms. The maximum Gasteiger partial charge on any atom is 0.0789 e. The third-order valence-corrected chi connectivity index (χ3v) is 4.44. The summed E-state index contributed by atoms with van der Waals surface area (Å²) >= 11 is 0. The highest BCUT2D eigenvalue weighted by Crippen LogP contribution is 2.38. The molecule has 0 aromatic rings. The van der Waals surface area contributed by atoms with Crippen LogP contribution in [-0.2, 0) is 0 Å². The van der Waals surface area contributed by atoms with Crippen molar-refractivity contribution in [2.75, 3.05) is 33.2 Å². The number of nitrogens with zero attached hydrogens (tertiary/aromatic N) is 2. The van der Waals surface area contributed by atoms with Gasteiger partial charge in [0, 0.05) is 38.9 Å². The van der Waals surface area contributed by atoms with Gasteiger partial charge < -0.3 is 15.7 Å². The van der Waals surface area contributed by atoms with Gasteiger partial charge in [0.2, 0.25) is 0 Å². The van der Waals surface area contributed by atoms with Gasteiger partial charge in [0.15, 0.2) is 0 Å². The van der Waals surface area contributed by atoms with E-state index in [1.807, 2.05) is 0 Å². The van der Waals surface area contributed by atoms with Crippen LogP contribution in [0, 0.1) is 0 Å². The number of aliphatic hydroxyl groups is 1. The van der Waals surface area contributed by atoms with Gasteiger partial charge in [0.05, 0.1) is 12.1 Å². The zero-order valence-corrected chi connectivity index (χ0v) is 12.0. The third kappa shape index (κ3) is 2.35. The van der Waals surface area contributed by atoms with Gasteiger partial charge in [0.1, 0.15) is 0 Å². The summed E-state index contributed by atoms with van der Waals surface area (Å²) in [5.74, 6) is 0. The van der Waals surface area contributed by atoms with E-state index in [0.717, 1.165) is 19.5 Å². The maximum atomic E-state index is 9.73. The summed E-state index contributed by atoms with van der Waals surface area (Å²) in [5, 5.41) is 9.73. The van der Waals surface area contributed by atoms with E-state index >= 15 is 0 Å². The molecule has 0 amide bonds. The molecule has 3 N–H and O–H groups in total. The van der Waals surface area contributed by atoms with Gasteiger partial charge in [-0.05, 0) is 17.6 Å². The molecule has 2 heterocycles. The first-order valence-corrected chi connectivity index (χ1v) is 7.31. The molecule has 4 heteroatoms. The van der Waals surface area contributed by atoms with Crippen molar-refractivity contribution in [3.05, 3.63) is 47.2 Å². The second kappa shape index (κ2) is 5.56. The highest BCUT2D eigenvalue weighted by molar-refractivity contribution is 5.51. The van der Waals surface area contributed by atoms with Gasteiger partial charge >= 0.3 is 0 Å². The first-order valence-electron chi connectivity index (χ1n) is 7.31. The molecule has 4 nitrogen and oxygen atoms in total. The van der Waals surface area contributed by atoms with Crippen molar-refractivity contribution in [2.45, 2.75) is 18.6 Å². The van der Waals surface area contributed by atoms with Gasteiger partial charge in [-0.3, -0.25) is 4.90 Å². The lowest BCUT2D eigenvalue weighted by molar-refractivity contribution is 0.117. The van der Waals surface area contributed by atoms with Crippen molar-refractivity contribution in [2.24, 2.45) is 5.73 Å². The Kier molecular flexibility index (Phi) is 3.78. The van der Waals surface area contributed by atoms with Crippen molar-refractivity contribution in [3.8, 4) is 0 Å². The van der Waals surface area contributed by atoms with E-state index in [9.17, 15) is 5.11 Å². The zero-order valence-electron chi connectivity index (χ0n) is 12.0. The molecule has 2 unspecified atom stereocenters. The number of fused-ring (bicyclic) bond motifs is 2. The molecule has 0 radical (unpaired) electrons. The fourth-order valence-electron chi connectivity index (χ4n) is 3.34. The Morgan fingerprint density at radius 1 is 1.40 bits per heavy atom. The summed E-state index contributed by atoms with van der Waals surface area (Å²) in [7, 11) is 2.17. The van der Waals surface area contributed by atoms with Gasteiger partial charge in [-0.2, -0.15) is 0 Å². The molecule has 0 aromatic heterocycles. The van der Waals surface area contributed by atoms with Crippen LogP contribution < -0.4 is 5.73 Å². The Morgan fingerprint density at radius 3 is 3.05 bits per heavy atom. The van der Waals surface area contributed by atoms with Crippen LogP contribution in [0.1, 0.15) is 6.42 Å². The van der Waals surface area contributed by atoms with Crippen molar-refractivity contribution in [1.82, 2.24) is 9.80 Å². The van der Waals surface area contributed by atoms with Crippen LogP contribution in [0.2, 0.25) is 0 Å². The average molecular weight is 273 g/mol. The third-order valence-electron chi connectivity index (χ3n) is 4.44. The van der Waals surface area contributed by atoms with Crippen molar-refractivity contribution < 1.29 is 5.11 Å². The Morgan fingerprint density at radius 2 is 2.25 bits per heavy atom. The number of allylic oxidation sites excluding steroid dienone is 4. The number of likely N-dealkylation sites (N-methyl/N-ethyl adjacent to an activating group) is 1. The lowest BCUT2D eigenvalue weighted by Gasteiger charge is -2.32. The van der Waals surface area contributed by atoms with E-state index in [2.05, 4.69) is 47.2 Å². The second-order valence-electron chi connectivity index (χ2n) is 5.75. The van der Waals surface area contributed by atoms with Gasteiger partial charge in [-0.25, -0.2) is 0 Å². The summed E-state index contributed by atoms with van der Waals surface area (Å²) in [6.07, 6.45) is 11.5. The van der Waals surface area contributed by atoms with Crippen LogP contribution >= 0.6 is 0 Å². The summed E-state index contributed by atoms with van der Waals surface area (Å²) in [6, 6.07) is 0.370. The quantitative estimate of drug-likeness (QED) is 0.792. The lowest BCUT2D eigenvalue weighted by atomic mass is 9.96. The molecule has 2 aliphatic heterocycles. The van der Waals surface area contributed by atoms with Crippen molar-refractivity contribution in [1.29, 1.82) is 0 Å². The average Bonchev–Trinajstić information content (AvgIpc) is 2.63. The highest BCUT2D eigenvalue weighted by Gasteiger charge is 2.35. The van der Waals surface area contributed by atoms with Crippen molar-refractivity contribution >= 4 is 0 Å². The number of hydrogen-bond donors (Lipinski definition) is 2. The number of aliphatic hydroxyl groups excluding tert-OH is 1. The van der Waals surface area contributed by atoms with Crippen LogP contribution in [0.15, 0.2) is 47.2 Å².